The molecular formula is C15H20BrN3O2. The van der Waals surface area contributed by atoms with Gasteiger partial charge in [0.2, 0.25) is 5.91 Å². The number of urea groups is 1. The van der Waals surface area contributed by atoms with Crippen LogP contribution in [0, 0.1) is 5.92 Å². The lowest BCUT2D eigenvalue weighted by atomic mass is 9.97. The lowest BCUT2D eigenvalue weighted by Gasteiger charge is -2.31. The highest BCUT2D eigenvalue weighted by Crippen LogP contribution is 2.17. The van der Waals surface area contributed by atoms with E-state index in [0.29, 0.717) is 19.6 Å². The Hall–Kier alpha value is -1.56. The van der Waals surface area contributed by atoms with Gasteiger partial charge in [0, 0.05) is 31.2 Å². The molecule has 0 spiro atoms. The van der Waals surface area contributed by atoms with Gasteiger partial charge in [-0.1, -0.05) is 28.1 Å². The normalized spacial score (nSPS) is 18.2. The summed E-state index contributed by atoms with van der Waals surface area (Å²) < 4.78 is 1.02. The fourth-order valence-electron chi connectivity index (χ4n) is 2.47. The molecule has 21 heavy (non-hydrogen) atoms. The highest BCUT2D eigenvalue weighted by atomic mass is 79.9. The number of likely N-dealkylation sites (tertiary alicyclic amines) is 1. The first-order chi connectivity index (χ1) is 10.1. The molecule has 1 atom stereocenters. The molecule has 1 unspecified atom stereocenters. The van der Waals surface area contributed by atoms with E-state index in [1.807, 2.05) is 24.3 Å². The molecule has 1 aromatic carbocycles. The van der Waals surface area contributed by atoms with Crippen molar-refractivity contribution in [1.29, 1.82) is 0 Å². The second kappa shape index (κ2) is 7.45. The first kappa shape index (κ1) is 15.8. The van der Waals surface area contributed by atoms with E-state index in [0.717, 1.165) is 22.9 Å². The Balaban J connectivity index is 1.85. The molecule has 0 bridgehead atoms. The van der Waals surface area contributed by atoms with Gasteiger partial charge in [0.15, 0.2) is 0 Å². The van der Waals surface area contributed by atoms with Crippen LogP contribution in [-0.2, 0) is 11.3 Å². The number of amides is 3. The van der Waals surface area contributed by atoms with E-state index in [1.54, 1.807) is 11.9 Å². The number of hydrogen-bond donors (Lipinski definition) is 2. The molecule has 2 N–H and O–H groups in total. The zero-order valence-electron chi connectivity index (χ0n) is 12.1. The highest BCUT2D eigenvalue weighted by Gasteiger charge is 2.27. The van der Waals surface area contributed by atoms with Crippen LogP contribution in [0.1, 0.15) is 18.4 Å². The molecule has 1 aliphatic heterocycles. The summed E-state index contributed by atoms with van der Waals surface area (Å²) >= 11 is 3.38. The molecule has 0 aliphatic carbocycles. The van der Waals surface area contributed by atoms with E-state index in [9.17, 15) is 9.59 Å². The van der Waals surface area contributed by atoms with Crippen molar-refractivity contribution in [2.45, 2.75) is 19.4 Å². The van der Waals surface area contributed by atoms with Crippen LogP contribution in [0.4, 0.5) is 4.79 Å². The molecule has 114 valence electrons. The predicted octanol–water partition coefficient (Wildman–Crippen LogP) is 2.12. The van der Waals surface area contributed by atoms with Crippen molar-refractivity contribution >= 4 is 27.9 Å². The number of benzene rings is 1. The van der Waals surface area contributed by atoms with Crippen LogP contribution in [0.2, 0.25) is 0 Å². The Bertz CT molecular complexity index is 504. The molecule has 1 aromatic rings. The fraction of sp³-hybridized carbons (Fsp3) is 0.467. The zero-order chi connectivity index (χ0) is 15.2. The van der Waals surface area contributed by atoms with Gasteiger partial charge in [-0.05, 0) is 30.5 Å². The molecule has 1 aliphatic rings. The molecule has 0 radical (unpaired) electrons. The molecular weight excluding hydrogens is 334 g/mol. The molecule has 6 heteroatoms. The molecule has 1 heterocycles. The molecule has 0 saturated carbocycles. The number of rotatable bonds is 3. The summed E-state index contributed by atoms with van der Waals surface area (Å²) in [5.74, 6) is -0.0809. The summed E-state index contributed by atoms with van der Waals surface area (Å²) in [7, 11) is 1.63. The van der Waals surface area contributed by atoms with Crippen molar-refractivity contribution < 1.29 is 9.59 Å². The number of nitrogens with one attached hydrogen (secondary N) is 2. The van der Waals surface area contributed by atoms with Crippen LogP contribution >= 0.6 is 15.9 Å². The first-order valence-corrected chi connectivity index (χ1v) is 7.88. The minimum Gasteiger partial charge on any atom is -0.359 e. The van der Waals surface area contributed by atoms with Gasteiger partial charge >= 0.3 is 6.03 Å². The summed E-state index contributed by atoms with van der Waals surface area (Å²) in [5.41, 5.74) is 1.05. The maximum atomic E-state index is 12.2. The fourth-order valence-corrected chi connectivity index (χ4v) is 2.74. The van der Waals surface area contributed by atoms with Gasteiger partial charge < -0.3 is 15.5 Å². The van der Waals surface area contributed by atoms with E-state index >= 15 is 0 Å². The first-order valence-electron chi connectivity index (χ1n) is 7.09. The Morgan fingerprint density at radius 3 is 2.71 bits per heavy atom. The second-order valence-electron chi connectivity index (χ2n) is 5.18. The van der Waals surface area contributed by atoms with E-state index in [-0.39, 0.29) is 17.9 Å². The Morgan fingerprint density at radius 2 is 2.05 bits per heavy atom. The lowest BCUT2D eigenvalue weighted by molar-refractivity contribution is -0.125. The number of carbonyl (C=O) groups excluding carboxylic acids is 2. The number of hydrogen-bond acceptors (Lipinski definition) is 2. The Labute approximate surface area is 133 Å². The van der Waals surface area contributed by atoms with Crippen molar-refractivity contribution in [2.24, 2.45) is 5.92 Å². The summed E-state index contributed by atoms with van der Waals surface area (Å²) in [4.78, 5) is 25.6. The molecule has 0 aromatic heterocycles. The summed E-state index contributed by atoms with van der Waals surface area (Å²) in [6, 6.07) is 7.72. The number of carbonyl (C=O) groups is 2. The maximum absolute atomic E-state index is 12.2. The van der Waals surface area contributed by atoms with Gasteiger partial charge in [0.25, 0.3) is 0 Å². The van der Waals surface area contributed by atoms with Gasteiger partial charge in [-0.3, -0.25) is 4.79 Å². The van der Waals surface area contributed by atoms with Gasteiger partial charge in [-0.2, -0.15) is 0 Å². The molecule has 5 nitrogen and oxygen atoms in total. The van der Waals surface area contributed by atoms with Crippen LogP contribution < -0.4 is 10.6 Å². The van der Waals surface area contributed by atoms with Crippen LogP contribution in [0.3, 0.4) is 0 Å². The standard InChI is InChI=1S/C15H20BrN3O2/c1-17-14(20)12-3-2-8-19(10-12)15(21)18-9-11-4-6-13(16)7-5-11/h4-7,12H,2-3,8-10H2,1H3,(H,17,20)(H,18,21). The molecule has 1 saturated heterocycles. The maximum Gasteiger partial charge on any atom is 0.317 e. The third-order valence-electron chi connectivity index (χ3n) is 3.68. The van der Waals surface area contributed by atoms with E-state index in [1.165, 1.54) is 0 Å². The minimum absolute atomic E-state index is 0.0143. The van der Waals surface area contributed by atoms with Crippen LogP contribution in [0.5, 0.6) is 0 Å². The molecule has 3 amide bonds. The third kappa shape index (κ3) is 4.46. The van der Waals surface area contributed by atoms with Gasteiger partial charge in [-0.25, -0.2) is 4.79 Å². The topological polar surface area (TPSA) is 61.4 Å². The quantitative estimate of drug-likeness (QED) is 0.874. The van der Waals surface area contributed by atoms with E-state index < -0.39 is 0 Å². The lowest BCUT2D eigenvalue weighted by Crippen LogP contribution is -2.48. The van der Waals surface area contributed by atoms with E-state index in [4.69, 9.17) is 0 Å². The zero-order valence-corrected chi connectivity index (χ0v) is 13.6. The third-order valence-corrected chi connectivity index (χ3v) is 4.21. The summed E-state index contributed by atoms with van der Waals surface area (Å²) in [6.07, 6.45) is 1.71. The average molecular weight is 354 g/mol. The van der Waals surface area contributed by atoms with Crippen molar-refractivity contribution in [1.82, 2.24) is 15.5 Å². The predicted molar refractivity (Wildman–Crippen MR) is 84.7 cm³/mol. The van der Waals surface area contributed by atoms with Gasteiger partial charge in [0.1, 0.15) is 0 Å². The minimum atomic E-state index is -0.105. The molecule has 2 rings (SSSR count). The smallest absolute Gasteiger partial charge is 0.317 e. The van der Waals surface area contributed by atoms with Crippen LogP contribution in [-0.4, -0.2) is 37.0 Å². The number of piperidine rings is 1. The largest absolute Gasteiger partial charge is 0.359 e. The summed E-state index contributed by atoms with van der Waals surface area (Å²) in [6.45, 7) is 1.69. The van der Waals surface area contributed by atoms with Gasteiger partial charge in [-0.15, -0.1) is 0 Å². The second-order valence-corrected chi connectivity index (χ2v) is 6.10. The van der Waals surface area contributed by atoms with Crippen LogP contribution in [0.15, 0.2) is 28.7 Å². The Kier molecular flexibility index (Phi) is 5.61. The van der Waals surface area contributed by atoms with Crippen molar-refractivity contribution in [3.8, 4) is 0 Å². The van der Waals surface area contributed by atoms with Crippen molar-refractivity contribution in [3.63, 3.8) is 0 Å². The number of nitrogens with zero attached hydrogens (tertiary/aromatic N) is 1. The van der Waals surface area contributed by atoms with Gasteiger partial charge in [0.05, 0.1) is 5.92 Å². The Morgan fingerprint density at radius 1 is 1.33 bits per heavy atom. The highest BCUT2D eigenvalue weighted by molar-refractivity contribution is 9.10. The average Bonchev–Trinajstić information content (AvgIpc) is 2.53. The van der Waals surface area contributed by atoms with E-state index in [2.05, 4.69) is 26.6 Å². The monoisotopic (exact) mass is 353 g/mol. The summed E-state index contributed by atoms with van der Waals surface area (Å²) in [5, 5.41) is 5.56. The SMILES string of the molecule is CNC(=O)C1CCCN(C(=O)NCc2ccc(Br)cc2)C1. The molecule has 1 fully saturated rings. The van der Waals surface area contributed by atoms with Crippen molar-refractivity contribution in [3.05, 3.63) is 34.3 Å². The van der Waals surface area contributed by atoms with Crippen molar-refractivity contribution in [2.75, 3.05) is 20.1 Å². The number of halogens is 1. The van der Waals surface area contributed by atoms with Crippen LogP contribution in [0.25, 0.3) is 0 Å².